The standard InChI is InChI=1S/C16H19N3O4S/c20-16-11-15(23-14-5-8-17-9-6-14)7-10-19(16)13-3-1-12(2-4-13)18-24(21)22/h1-4,7,10-11,14,17-18H,5-6,8-9H2,(H,21,22)/p-1. The lowest BCUT2D eigenvalue weighted by molar-refractivity contribution is 0.162. The van der Waals surface area contributed by atoms with Gasteiger partial charge in [0.05, 0.1) is 0 Å². The van der Waals surface area contributed by atoms with Crippen molar-refractivity contribution in [3.63, 3.8) is 0 Å². The quantitative estimate of drug-likeness (QED) is 0.791. The van der Waals surface area contributed by atoms with Crippen LogP contribution in [0.1, 0.15) is 12.8 Å². The van der Waals surface area contributed by atoms with Gasteiger partial charge in [-0.1, -0.05) is 0 Å². The smallest absolute Gasteiger partial charge is 0.258 e. The van der Waals surface area contributed by atoms with Crippen LogP contribution in [0.15, 0.2) is 47.4 Å². The summed E-state index contributed by atoms with van der Waals surface area (Å²) in [6.45, 7) is 1.85. The Morgan fingerprint density at radius 3 is 2.54 bits per heavy atom. The van der Waals surface area contributed by atoms with E-state index in [0.717, 1.165) is 25.9 Å². The molecule has 24 heavy (non-hydrogen) atoms. The zero-order chi connectivity index (χ0) is 16.9. The highest BCUT2D eigenvalue weighted by atomic mass is 32.2. The highest BCUT2D eigenvalue weighted by Gasteiger charge is 2.14. The molecule has 1 unspecified atom stereocenters. The molecule has 1 aliphatic rings. The summed E-state index contributed by atoms with van der Waals surface area (Å²) < 4.78 is 30.8. The number of ether oxygens (including phenoxy) is 1. The molecule has 8 heteroatoms. The summed E-state index contributed by atoms with van der Waals surface area (Å²) in [4.78, 5) is 12.3. The molecule has 0 radical (unpaired) electrons. The van der Waals surface area contributed by atoms with Gasteiger partial charge in [0.25, 0.3) is 5.56 Å². The Morgan fingerprint density at radius 2 is 1.92 bits per heavy atom. The summed E-state index contributed by atoms with van der Waals surface area (Å²) in [6, 6.07) is 9.77. The second-order valence-corrected chi connectivity index (χ2v) is 6.20. The predicted molar refractivity (Wildman–Crippen MR) is 91.1 cm³/mol. The third-order valence-electron chi connectivity index (χ3n) is 3.83. The van der Waals surface area contributed by atoms with Crippen LogP contribution in [-0.4, -0.2) is 32.5 Å². The fourth-order valence-corrected chi connectivity index (χ4v) is 2.97. The molecule has 0 aliphatic carbocycles. The molecule has 0 spiro atoms. The van der Waals surface area contributed by atoms with Gasteiger partial charge in [-0.2, -0.15) is 0 Å². The van der Waals surface area contributed by atoms with Crippen LogP contribution in [-0.2, 0) is 11.3 Å². The molecule has 1 aromatic heterocycles. The van der Waals surface area contributed by atoms with Gasteiger partial charge in [-0.15, -0.1) is 0 Å². The van der Waals surface area contributed by atoms with Gasteiger partial charge in [-0.05, 0) is 56.3 Å². The highest BCUT2D eigenvalue weighted by molar-refractivity contribution is 7.80. The molecule has 128 valence electrons. The van der Waals surface area contributed by atoms with Gasteiger partial charge >= 0.3 is 0 Å². The molecular weight excluding hydrogens is 330 g/mol. The van der Waals surface area contributed by atoms with Crippen molar-refractivity contribution in [3.8, 4) is 11.4 Å². The second kappa shape index (κ2) is 7.61. The molecular formula is C16H18N3O4S-. The minimum absolute atomic E-state index is 0.139. The molecule has 0 amide bonds. The predicted octanol–water partition coefficient (Wildman–Crippen LogP) is 1.17. The van der Waals surface area contributed by atoms with E-state index in [1.54, 1.807) is 36.5 Å². The van der Waals surface area contributed by atoms with Gasteiger partial charge in [-0.25, -0.2) is 0 Å². The zero-order valence-corrected chi connectivity index (χ0v) is 13.8. The van der Waals surface area contributed by atoms with E-state index < -0.39 is 11.3 Å². The van der Waals surface area contributed by atoms with Crippen molar-refractivity contribution in [1.82, 2.24) is 9.88 Å². The van der Waals surface area contributed by atoms with Crippen LogP contribution in [0.3, 0.4) is 0 Å². The van der Waals surface area contributed by atoms with Crippen molar-refractivity contribution in [2.75, 3.05) is 17.8 Å². The Morgan fingerprint density at radius 1 is 1.21 bits per heavy atom. The summed E-state index contributed by atoms with van der Waals surface area (Å²) in [6.07, 6.45) is 3.66. The maximum atomic E-state index is 12.3. The minimum atomic E-state index is -2.37. The fourth-order valence-electron chi connectivity index (χ4n) is 2.64. The van der Waals surface area contributed by atoms with Crippen molar-refractivity contribution in [2.45, 2.75) is 18.9 Å². The Labute approximate surface area is 142 Å². The van der Waals surface area contributed by atoms with Gasteiger partial charge in [0, 0.05) is 34.9 Å². The first-order chi connectivity index (χ1) is 11.6. The lowest BCUT2D eigenvalue weighted by Crippen LogP contribution is -2.34. The Balaban J connectivity index is 1.74. The average molecular weight is 348 g/mol. The van der Waals surface area contributed by atoms with Gasteiger partial charge in [-0.3, -0.25) is 13.6 Å². The monoisotopic (exact) mass is 348 g/mol. The first kappa shape index (κ1) is 16.7. The normalized spacial score (nSPS) is 16.5. The van der Waals surface area contributed by atoms with Crippen molar-refractivity contribution in [3.05, 3.63) is 52.9 Å². The highest BCUT2D eigenvalue weighted by Crippen LogP contribution is 2.17. The van der Waals surface area contributed by atoms with Crippen molar-refractivity contribution in [2.24, 2.45) is 0 Å². The second-order valence-electron chi connectivity index (χ2n) is 5.52. The first-order valence-corrected chi connectivity index (χ1v) is 8.76. The maximum Gasteiger partial charge on any atom is 0.258 e. The molecule has 0 saturated carbocycles. The molecule has 1 fully saturated rings. The molecule has 2 N–H and O–H groups in total. The van der Waals surface area contributed by atoms with Crippen LogP contribution in [0.5, 0.6) is 5.75 Å². The lowest BCUT2D eigenvalue weighted by atomic mass is 10.1. The van der Waals surface area contributed by atoms with E-state index >= 15 is 0 Å². The van der Waals surface area contributed by atoms with Gasteiger partial charge in [0.15, 0.2) is 0 Å². The van der Waals surface area contributed by atoms with Crippen LogP contribution in [0.4, 0.5) is 5.69 Å². The third-order valence-corrected chi connectivity index (χ3v) is 4.23. The summed E-state index contributed by atoms with van der Waals surface area (Å²) in [5.41, 5.74) is 0.885. The molecule has 1 saturated heterocycles. The number of piperidine rings is 1. The minimum Gasteiger partial charge on any atom is -0.755 e. The number of benzene rings is 1. The molecule has 2 aromatic rings. The summed E-state index contributed by atoms with van der Waals surface area (Å²) in [5, 5.41) is 3.27. The first-order valence-electron chi connectivity index (χ1n) is 7.68. The number of nitrogens with zero attached hydrogens (tertiary/aromatic N) is 1. The van der Waals surface area contributed by atoms with E-state index in [1.165, 1.54) is 10.6 Å². The van der Waals surface area contributed by atoms with Gasteiger partial charge in [0.2, 0.25) is 0 Å². The third kappa shape index (κ3) is 4.22. The van der Waals surface area contributed by atoms with E-state index in [2.05, 4.69) is 10.0 Å². The Hall–Kier alpha value is -2.16. The van der Waals surface area contributed by atoms with Crippen LogP contribution in [0.25, 0.3) is 5.69 Å². The summed E-state index contributed by atoms with van der Waals surface area (Å²) >= 11 is -2.37. The largest absolute Gasteiger partial charge is 0.755 e. The number of anilines is 1. The molecule has 0 bridgehead atoms. The topological polar surface area (TPSA) is 95.4 Å². The zero-order valence-electron chi connectivity index (χ0n) is 12.9. The number of hydrogen-bond acceptors (Lipinski definition) is 5. The lowest BCUT2D eigenvalue weighted by Gasteiger charge is -2.23. The molecule has 1 atom stereocenters. The van der Waals surface area contributed by atoms with E-state index in [4.69, 9.17) is 4.74 Å². The average Bonchev–Trinajstić information content (AvgIpc) is 2.56. The Kier molecular flexibility index (Phi) is 5.29. The van der Waals surface area contributed by atoms with E-state index in [9.17, 15) is 13.6 Å². The van der Waals surface area contributed by atoms with Crippen molar-refractivity contribution >= 4 is 17.0 Å². The number of nitrogens with one attached hydrogen (secondary N) is 2. The van der Waals surface area contributed by atoms with Crippen LogP contribution < -0.4 is 20.3 Å². The van der Waals surface area contributed by atoms with E-state index in [-0.39, 0.29) is 11.7 Å². The van der Waals surface area contributed by atoms with Gasteiger partial charge < -0.3 is 19.3 Å². The molecule has 1 aliphatic heterocycles. The van der Waals surface area contributed by atoms with Crippen LogP contribution >= 0.6 is 0 Å². The van der Waals surface area contributed by atoms with E-state index in [0.29, 0.717) is 17.1 Å². The number of aromatic nitrogens is 1. The maximum absolute atomic E-state index is 12.3. The molecule has 2 heterocycles. The SMILES string of the molecule is O=c1cc(OC2CCNCC2)ccn1-c1ccc(NS(=O)[O-])cc1. The van der Waals surface area contributed by atoms with Crippen molar-refractivity contribution in [1.29, 1.82) is 0 Å². The van der Waals surface area contributed by atoms with Crippen LogP contribution in [0, 0.1) is 0 Å². The summed E-state index contributed by atoms with van der Waals surface area (Å²) in [7, 11) is 0. The van der Waals surface area contributed by atoms with Crippen LogP contribution in [0.2, 0.25) is 0 Å². The number of pyridine rings is 1. The molecule has 1 aromatic carbocycles. The number of rotatable bonds is 5. The summed E-state index contributed by atoms with van der Waals surface area (Å²) in [5.74, 6) is 0.572. The molecule has 3 rings (SSSR count). The Bertz CT molecular complexity index is 770. The van der Waals surface area contributed by atoms with E-state index in [1.807, 2.05) is 0 Å². The number of hydrogen-bond donors (Lipinski definition) is 2. The fraction of sp³-hybridized carbons (Fsp3) is 0.312. The van der Waals surface area contributed by atoms with Crippen molar-refractivity contribution < 1.29 is 13.5 Å². The molecule has 7 nitrogen and oxygen atoms in total. The van der Waals surface area contributed by atoms with Gasteiger partial charge in [0.1, 0.15) is 11.9 Å².